The van der Waals surface area contributed by atoms with Crippen LogP contribution in [0, 0.1) is 0 Å². The van der Waals surface area contributed by atoms with Crippen molar-refractivity contribution >= 4 is 11.9 Å². The number of piperazine rings is 1. The highest BCUT2D eigenvalue weighted by molar-refractivity contribution is 5.87. The van der Waals surface area contributed by atoms with Gasteiger partial charge in [-0.25, -0.2) is 9.97 Å². The van der Waals surface area contributed by atoms with Crippen LogP contribution >= 0.6 is 0 Å². The summed E-state index contributed by atoms with van der Waals surface area (Å²) in [5.41, 5.74) is 5.52. The summed E-state index contributed by atoms with van der Waals surface area (Å²) in [6.45, 7) is 2.95. The van der Waals surface area contributed by atoms with Gasteiger partial charge >= 0.3 is 0 Å². The van der Waals surface area contributed by atoms with Crippen LogP contribution in [0.3, 0.4) is 0 Å². The van der Waals surface area contributed by atoms with Crippen molar-refractivity contribution < 1.29 is 4.79 Å². The zero-order valence-corrected chi connectivity index (χ0v) is 11.0. The fourth-order valence-electron chi connectivity index (χ4n) is 2.65. The van der Waals surface area contributed by atoms with Gasteiger partial charge in [-0.2, -0.15) is 0 Å². The molecule has 0 spiro atoms. The molecule has 3 rings (SSSR count). The minimum absolute atomic E-state index is 0.118. The van der Waals surface area contributed by atoms with E-state index >= 15 is 0 Å². The summed E-state index contributed by atoms with van der Waals surface area (Å²) < 4.78 is 0. The molecule has 1 saturated carbocycles. The zero-order valence-electron chi connectivity index (χ0n) is 11.0. The number of nitrogens with two attached hydrogens (primary N) is 1. The molecule has 1 aromatic rings. The Labute approximate surface area is 112 Å². The monoisotopic (exact) mass is 261 g/mol. The molecule has 1 saturated heterocycles. The van der Waals surface area contributed by atoms with Gasteiger partial charge in [0.05, 0.1) is 5.54 Å². The normalized spacial score (nSPS) is 21.9. The Bertz CT molecular complexity index is 451. The summed E-state index contributed by atoms with van der Waals surface area (Å²) in [7, 11) is 0. The van der Waals surface area contributed by atoms with Crippen LogP contribution in [0.4, 0.5) is 5.95 Å². The largest absolute Gasteiger partial charge is 0.338 e. The van der Waals surface area contributed by atoms with Crippen LogP contribution in [-0.2, 0) is 4.79 Å². The fourth-order valence-corrected chi connectivity index (χ4v) is 2.65. The quantitative estimate of drug-likeness (QED) is 0.811. The Kier molecular flexibility index (Phi) is 3.10. The van der Waals surface area contributed by atoms with Gasteiger partial charge in [0.25, 0.3) is 0 Å². The summed E-state index contributed by atoms with van der Waals surface area (Å²) >= 11 is 0. The molecule has 2 fully saturated rings. The predicted molar refractivity (Wildman–Crippen MR) is 71.6 cm³/mol. The van der Waals surface area contributed by atoms with E-state index in [1.54, 1.807) is 18.5 Å². The second kappa shape index (κ2) is 4.77. The van der Waals surface area contributed by atoms with E-state index in [2.05, 4.69) is 14.9 Å². The molecule has 0 aromatic carbocycles. The molecule has 1 aliphatic heterocycles. The van der Waals surface area contributed by atoms with Gasteiger partial charge in [-0.3, -0.25) is 4.79 Å². The van der Waals surface area contributed by atoms with Crippen LogP contribution in [0.15, 0.2) is 18.5 Å². The maximum atomic E-state index is 12.3. The molecule has 0 radical (unpaired) electrons. The molecule has 6 heteroatoms. The summed E-state index contributed by atoms with van der Waals surface area (Å²) in [5.74, 6) is 0.855. The van der Waals surface area contributed by atoms with Crippen molar-refractivity contribution in [1.82, 2.24) is 14.9 Å². The van der Waals surface area contributed by atoms with Gasteiger partial charge in [0.1, 0.15) is 0 Å². The molecule has 0 unspecified atom stereocenters. The van der Waals surface area contributed by atoms with E-state index in [1.807, 2.05) is 4.90 Å². The lowest BCUT2D eigenvalue weighted by Gasteiger charge is -2.43. The van der Waals surface area contributed by atoms with Gasteiger partial charge < -0.3 is 15.5 Å². The average Bonchev–Trinajstić information content (AvgIpc) is 2.45. The summed E-state index contributed by atoms with van der Waals surface area (Å²) in [6.07, 6.45) is 6.20. The number of carbonyl (C=O) groups excluding carboxylic acids is 1. The van der Waals surface area contributed by atoms with Crippen molar-refractivity contribution in [2.45, 2.75) is 24.8 Å². The van der Waals surface area contributed by atoms with Crippen molar-refractivity contribution in [3.8, 4) is 0 Å². The third-order valence-electron chi connectivity index (χ3n) is 4.07. The number of amides is 1. The Morgan fingerprint density at radius 2 is 1.79 bits per heavy atom. The molecular weight excluding hydrogens is 242 g/mol. The van der Waals surface area contributed by atoms with E-state index in [0.29, 0.717) is 13.1 Å². The van der Waals surface area contributed by atoms with E-state index in [1.165, 1.54) is 0 Å². The fraction of sp³-hybridized carbons (Fsp3) is 0.615. The Hall–Kier alpha value is -1.69. The lowest BCUT2D eigenvalue weighted by Crippen LogP contribution is -2.62. The Balaban J connectivity index is 1.59. The molecular formula is C13H19N5O. The van der Waals surface area contributed by atoms with Gasteiger partial charge in [-0.05, 0) is 25.3 Å². The maximum Gasteiger partial charge on any atom is 0.242 e. The van der Waals surface area contributed by atoms with E-state index in [-0.39, 0.29) is 5.91 Å². The first-order valence-corrected chi connectivity index (χ1v) is 6.79. The highest BCUT2D eigenvalue weighted by Crippen LogP contribution is 2.31. The molecule has 2 heterocycles. The van der Waals surface area contributed by atoms with E-state index in [9.17, 15) is 4.79 Å². The minimum atomic E-state index is -0.578. The smallest absolute Gasteiger partial charge is 0.242 e. The average molecular weight is 261 g/mol. The highest BCUT2D eigenvalue weighted by atomic mass is 16.2. The number of nitrogens with zero attached hydrogens (tertiary/aromatic N) is 4. The first kappa shape index (κ1) is 12.3. The van der Waals surface area contributed by atoms with Gasteiger partial charge in [-0.1, -0.05) is 0 Å². The van der Waals surface area contributed by atoms with E-state index in [0.717, 1.165) is 38.3 Å². The van der Waals surface area contributed by atoms with Gasteiger partial charge in [0.15, 0.2) is 0 Å². The number of aromatic nitrogens is 2. The Morgan fingerprint density at radius 3 is 2.32 bits per heavy atom. The highest BCUT2D eigenvalue weighted by Gasteiger charge is 2.43. The molecule has 0 atom stereocenters. The van der Waals surface area contributed by atoms with Crippen LogP contribution in [0.25, 0.3) is 0 Å². The standard InChI is InChI=1S/C13H19N5O/c14-13(3-1-4-13)11(19)17-7-9-18(10-8-17)12-15-5-2-6-16-12/h2,5-6H,1,3-4,7-10,14H2. The van der Waals surface area contributed by atoms with E-state index < -0.39 is 5.54 Å². The van der Waals surface area contributed by atoms with Gasteiger partial charge in [-0.15, -0.1) is 0 Å². The molecule has 1 amide bonds. The second-order valence-electron chi connectivity index (χ2n) is 5.34. The molecule has 0 bridgehead atoms. The van der Waals surface area contributed by atoms with E-state index in [4.69, 9.17) is 5.73 Å². The number of hydrogen-bond acceptors (Lipinski definition) is 5. The molecule has 2 N–H and O–H groups in total. The number of anilines is 1. The topological polar surface area (TPSA) is 75.4 Å². The molecule has 6 nitrogen and oxygen atoms in total. The molecule has 2 aliphatic rings. The maximum absolute atomic E-state index is 12.3. The lowest BCUT2D eigenvalue weighted by molar-refractivity contribution is -0.140. The van der Waals surface area contributed by atoms with Crippen LogP contribution < -0.4 is 10.6 Å². The lowest BCUT2D eigenvalue weighted by atomic mass is 9.76. The van der Waals surface area contributed by atoms with Crippen molar-refractivity contribution in [2.75, 3.05) is 31.1 Å². The minimum Gasteiger partial charge on any atom is -0.338 e. The SMILES string of the molecule is NC1(C(=O)N2CCN(c3ncccn3)CC2)CCC1. The molecule has 1 aromatic heterocycles. The molecule has 102 valence electrons. The first-order valence-electron chi connectivity index (χ1n) is 6.79. The van der Waals surface area contributed by atoms with Crippen LogP contribution in [0.1, 0.15) is 19.3 Å². The summed E-state index contributed by atoms with van der Waals surface area (Å²) in [4.78, 5) is 24.8. The van der Waals surface area contributed by atoms with Crippen molar-refractivity contribution in [1.29, 1.82) is 0 Å². The Morgan fingerprint density at radius 1 is 1.16 bits per heavy atom. The van der Waals surface area contributed by atoms with Gasteiger partial charge in [0.2, 0.25) is 11.9 Å². The number of carbonyl (C=O) groups is 1. The van der Waals surface area contributed by atoms with Crippen LogP contribution in [-0.4, -0.2) is 52.5 Å². The van der Waals surface area contributed by atoms with Gasteiger partial charge in [0, 0.05) is 38.6 Å². The zero-order chi connectivity index (χ0) is 13.3. The number of rotatable bonds is 2. The second-order valence-corrected chi connectivity index (χ2v) is 5.34. The van der Waals surface area contributed by atoms with Crippen LogP contribution in [0.2, 0.25) is 0 Å². The summed E-state index contributed by atoms with van der Waals surface area (Å²) in [6, 6.07) is 1.80. The van der Waals surface area contributed by atoms with Crippen molar-refractivity contribution in [3.05, 3.63) is 18.5 Å². The van der Waals surface area contributed by atoms with Crippen molar-refractivity contribution in [2.24, 2.45) is 5.73 Å². The van der Waals surface area contributed by atoms with Crippen LogP contribution in [0.5, 0.6) is 0 Å². The van der Waals surface area contributed by atoms with Crippen molar-refractivity contribution in [3.63, 3.8) is 0 Å². The third kappa shape index (κ3) is 2.28. The first-order chi connectivity index (χ1) is 9.19. The predicted octanol–water partition coefficient (Wildman–Crippen LogP) is 0.00660. The summed E-state index contributed by atoms with van der Waals surface area (Å²) in [5, 5.41) is 0. The third-order valence-corrected chi connectivity index (χ3v) is 4.07. The molecule has 1 aliphatic carbocycles. The number of hydrogen-bond donors (Lipinski definition) is 1. The molecule has 19 heavy (non-hydrogen) atoms.